The lowest BCUT2D eigenvalue weighted by atomic mass is 9.94. The van der Waals surface area contributed by atoms with E-state index in [2.05, 4.69) is 28.3 Å². The van der Waals surface area contributed by atoms with Crippen LogP contribution >= 0.6 is 15.6 Å². The Bertz CT molecular complexity index is 1360. The van der Waals surface area contributed by atoms with Gasteiger partial charge >= 0.3 is 15.6 Å². The zero-order valence-corrected chi connectivity index (χ0v) is 22.4. The number of phosphoric ester groups is 2. The molecule has 11 atom stereocenters. The van der Waals surface area contributed by atoms with Gasteiger partial charge in [0.15, 0.2) is 17.4 Å². The summed E-state index contributed by atoms with van der Waals surface area (Å²) in [6, 6.07) is 0. The van der Waals surface area contributed by atoms with Crippen LogP contribution in [0.2, 0.25) is 0 Å². The summed E-state index contributed by atoms with van der Waals surface area (Å²) >= 11 is 0. The van der Waals surface area contributed by atoms with Crippen LogP contribution in [0.3, 0.4) is 0 Å². The fourth-order valence-corrected chi connectivity index (χ4v) is 6.32. The highest BCUT2D eigenvalue weighted by atomic mass is 31.3. The van der Waals surface area contributed by atoms with Crippen LogP contribution < -0.4 is 11.3 Å². The number of nitrogens with two attached hydrogens (primary N) is 1. The lowest BCUT2D eigenvalue weighted by Gasteiger charge is -2.39. The third-order valence-electron chi connectivity index (χ3n) is 6.28. The number of aliphatic hydroxyl groups excluding tert-OH is 5. The number of phosphoric acid groups is 2. The number of aromatic amines is 1. The molecule has 226 valence electrons. The summed E-state index contributed by atoms with van der Waals surface area (Å²) in [6.45, 7) is -0.111. The molecule has 2 aliphatic rings. The van der Waals surface area contributed by atoms with Gasteiger partial charge in [0, 0.05) is 6.42 Å². The molecule has 2 aromatic heterocycles. The Morgan fingerprint density at radius 1 is 1.00 bits per heavy atom. The molecule has 0 aliphatic carbocycles. The van der Waals surface area contributed by atoms with Crippen molar-refractivity contribution in [3.8, 4) is 0 Å². The highest BCUT2D eigenvalue weighted by Gasteiger charge is 2.46. The number of imidazole rings is 1. The van der Waals surface area contributed by atoms with Gasteiger partial charge in [-0.3, -0.25) is 23.4 Å². The molecule has 0 radical (unpaired) electrons. The third kappa shape index (κ3) is 6.61. The van der Waals surface area contributed by atoms with Crippen LogP contribution in [0.25, 0.3) is 11.2 Å². The number of rotatable bonds is 10. The van der Waals surface area contributed by atoms with Crippen molar-refractivity contribution in [1.29, 1.82) is 0 Å². The quantitative estimate of drug-likeness (QED) is 0.119. The van der Waals surface area contributed by atoms with Crippen LogP contribution in [0.4, 0.5) is 5.95 Å². The molecule has 4 heterocycles. The molecule has 0 bridgehead atoms. The van der Waals surface area contributed by atoms with E-state index in [1.165, 1.54) is 6.92 Å². The van der Waals surface area contributed by atoms with Crippen LogP contribution in [-0.4, -0.2) is 117 Å². The van der Waals surface area contributed by atoms with E-state index in [9.17, 15) is 49.2 Å². The smallest absolute Gasteiger partial charge is 0.388 e. The van der Waals surface area contributed by atoms with Crippen molar-refractivity contribution in [1.82, 2.24) is 19.5 Å². The zero-order chi connectivity index (χ0) is 29.6. The van der Waals surface area contributed by atoms with Gasteiger partial charge in [-0.1, -0.05) is 0 Å². The van der Waals surface area contributed by atoms with Crippen molar-refractivity contribution in [2.75, 3.05) is 18.9 Å². The minimum absolute atomic E-state index is 0.0834. The molecule has 2 unspecified atom stereocenters. The molecule has 2 aliphatic heterocycles. The lowest BCUT2D eigenvalue weighted by Crippen LogP contribution is -2.56. The van der Waals surface area contributed by atoms with E-state index in [-0.39, 0.29) is 23.5 Å². The average molecular weight is 617 g/mol. The van der Waals surface area contributed by atoms with Crippen LogP contribution in [-0.2, 0) is 32.0 Å². The van der Waals surface area contributed by atoms with Gasteiger partial charge in [0.1, 0.15) is 36.6 Å². The Kier molecular flexibility index (Phi) is 9.16. The summed E-state index contributed by atoms with van der Waals surface area (Å²) in [5.74, 6) is -0.255. The Morgan fingerprint density at radius 2 is 1.65 bits per heavy atom. The van der Waals surface area contributed by atoms with Crippen LogP contribution in [0.1, 0.15) is 19.6 Å². The van der Waals surface area contributed by atoms with Gasteiger partial charge in [-0.2, -0.15) is 9.29 Å². The number of aliphatic hydroxyl groups is 5. The molecule has 0 spiro atoms. The van der Waals surface area contributed by atoms with E-state index in [1.807, 2.05) is 0 Å². The fraction of sp³-hybridized carbons (Fsp3) is 0.722. The van der Waals surface area contributed by atoms with Gasteiger partial charge in [-0.15, -0.1) is 0 Å². The number of nitrogens with zero attached hydrogens (tertiary/aromatic N) is 3. The summed E-state index contributed by atoms with van der Waals surface area (Å²) in [5, 5.41) is 50.3. The van der Waals surface area contributed by atoms with Crippen molar-refractivity contribution in [2.45, 2.75) is 68.4 Å². The SMILES string of the molecule is C[C@@H]1O[C@H](CCOP(=O)(O)OP(=O)(O)OC[C@H]2O[C@@H](n3cnc4c(=O)[nH]c(N)nc43)[C@H](O)[C@@H]2O)[C@@H](O)[C@H](O)[C@@H]1O. The first-order valence-electron chi connectivity index (χ1n) is 11.7. The first kappa shape index (κ1) is 31.1. The Balaban J connectivity index is 1.31. The maximum Gasteiger partial charge on any atom is 0.481 e. The second kappa shape index (κ2) is 11.8. The van der Waals surface area contributed by atoms with Gasteiger partial charge in [-0.25, -0.2) is 14.1 Å². The molecule has 0 amide bonds. The van der Waals surface area contributed by atoms with Crippen molar-refractivity contribution in [3.63, 3.8) is 0 Å². The standard InChI is InChI=1S/C18H29N5O15P2/c1-6-10(24)13(27)11(25)7(36-6)2-3-34-39(30,31)38-40(32,33)35-4-8-12(26)14(28)17(37-8)23-5-20-9-15(23)21-18(19)22-16(9)29/h5-8,10-14,17,24-28H,2-4H2,1H3,(H,30,31)(H,32,33)(H3,19,21,22,29)/t6-,7+,8+,10+,11+,12+,13+,14+,17+/m0/s1. The first-order valence-corrected chi connectivity index (χ1v) is 14.7. The van der Waals surface area contributed by atoms with Crippen LogP contribution in [0, 0.1) is 0 Å². The molecule has 2 saturated heterocycles. The highest BCUT2D eigenvalue weighted by Crippen LogP contribution is 2.60. The summed E-state index contributed by atoms with van der Waals surface area (Å²) in [4.78, 5) is 41.7. The van der Waals surface area contributed by atoms with Crippen molar-refractivity contribution in [3.05, 3.63) is 16.7 Å². The van der Waals surface area contributed by atoms with Crippen molar-refractivity contribution >= 4 is 32.8 Å². The summed E-state index contributed by atoms with van der Waals surface area (Å²) in [6.07, 6.45) is -11.7. The second-order valence-electron chi connectivity index (χ2n) is 9.11. The van der Waals surface area contributed by atoms with E-state index in [0.717, 1.165) is 10.9 Å². The summed E-state index contributed by atoms with van der Waals surface area (Å²) in [5.41, 5.74) is 4.64. The first-order chi connectivity index (χ1) is 18.6. The number of fused-ring (bicyclic) bond motifs is 1. The normalized spacial score (nSPS) is 36.0. The van der Waals surface area contributed by atoms with Crippen molar-refractivity contribution < 1.29 is 67.3 Å². The van der Waals surface area contributed by atoms with E-state index in [1.54, 1.807) is 0 Å². The number of H-pyrrole nitrogens is 1. The van der Waals surface area contributed by atoms with Crippen LogP contribution in [0.5, 0.6) is 0 Å². The number of hydrogen-bond acceptors (Lipinski definition) is 16. The predicted octanol–water partition coefficient (Wildman–Crippen LogP) is -3.17. The zero-order valence-electron chi connectivity index (χ0n) is 20.6. The van der Waals surface area contributed by atoms with Gasteiger partial charge in [0.05, 0.1) is 31.7 Å². The van der Waals surface area contributed by atoms with E-state index >= 15 is 0 Å². The summed E-state index contributed by atoms with van der Waals surface area (Å²) < 4.78 is 49.8. The Labute approximate surface area is 224 Å². The lowest BCUT2D eigenvalue weighted by molar-refractivity contribution is -0.219. The highest BCUT2D eigenvalue weighted by molar-refractivity contribution is 7.61. The average Bonchev–Trinajstić information content (AvgIpc) is 3.39. The third-order valence-corrected chi connectivity index (χ3v) is 8.91. The molecule has 0 saturated carbocycles. The molecule has 10 N–H and O–H groups in total. The Morgan fingerprint density at radius 3 is 2.35 bits per heavy atom. The monoisotopic (exact) mass is 617 g/mol. The number of anilines is 1. The molecule has 22 heteroatoms. The topological polar surface area (TPSA) is 311 Å². The van der Waals surface area contributed by atoms with E-state index in [4.69, 9.17) is 15.2 Å². The number of nitrogen functional groups attached to an aromatic ring is 1. The number of nitrogens with one attached hydrogen (secondary N) is 1. The van der Waals surface area contributed by atoms with Gasteiger partial charge in [0.2, 0.25) is 5.95 Å². The van der Waals surface area contributed by atoms with Crippen LogP contribution in [0.15, 0.2) is 11.1 Å². The molecular weight excluding hydrogens is 588 g/mol. The maximum atomic E-state index is 12.3. The Hall–Kier alpha value is -1.87. The minimum atomic E-state index is -5.32. The van der Waals surface area contributed by atoms with Gasteiger partial charge in [-0.05, 0) is 6.92 Å². The van der Waals surface area contributed by atoms with E-state index < -0.39 is 89.5 Å². The van der Waals surface area contributed by atoms with E-state index in [0.29, 0.717) is 0 Å². The predicted molar refractivity (Wildman–Crippen MR) is 128 cm³/mol. The number of aromatic nitrogens is 4. The molecule has 20 nitrogen and oxygen atoms in total. The molecule has 40 heavy (non-hydrogen) atoms. The van der Waals surface area contributed by atoms with Gasteiger partial charge < -0.3 is 50.5 Å². The molecule has 2 fully saturated rings. The van der Waals surface area contributed by atoms with Gasteiger partial charge in [0.25, 0.3) is 5.56 Å². The number of ether oxygens (including phenoxy) is 2. The maximum absolute atomic E-state index is 12.3. The number of hydrogen-bond donors (Lipinski definition) is 9. The molecule has 2 aromatic rings. The second-order valence-corrected chi connectivity index (χ2v) is 12.2. The fourth-order valence-electron chi connectivity index (χ4n) is 4.23. The molecule has 0 aromatic carbocycles. The minimum Gasteiger partial charge on any atom is -0.388 e. The largest absolute Gasteiger partial charge is 0.481 e. The molecular formula is C18H29N5O15P2. The summed E-state index contributed by atoms with van der Waals surface area (Å²) in [7, 11) is -10.5. The van der Waals surface area contributed by atoms with Crippen molar-refractivity contribution in [2.24, 2.45) is 0 Å². The molecule has 4 rings (SSSR count).